The fourth-order valence-electron chi connectivity index (χ4n) is 1.32. The van der Waals surface area contributed by atoms with Gasteiger partial charge in [0.15, 0.2) is 11.6 Å². The highest BCUT2D eigenvalue weighted by atomic mass is 16.5. The molecule has 0 aliphatic rings. The number of hydrogen-bond acceptors (Lipinski definition) is 4. The third-order valence-corrected chi connectivity index (χ3v) is 2.68. The summed E-state index contributed by atoms with van der Waals surface area (Å²) in [5.41, 5.74) is -1.15. The number of ether oxygens (including phenoxy) is 1. The number of carbonyl (C=O) groups is 2. The molecule has 0 saturated heterocycles. The molecule has 17 heavy (non-hydrogen) atoms. The van der Waals surface area contributed by atoms with Gasteiger partial charge in [0, 0.05) is 12.0 Å². The first kappa shape index (κ1) is 13.4. The highest BCUT2D eigenvalue weighted by Gasteiger charge is 2.29. The van der Waals surface area contributed by atoms with Crippen molar-refractivity contribution < 1.29 is 19.4 Å². The first-order valence-electron chi connectivity index (χ1n) is 5.27. The third kappa shape index (κ3) is 3.39. The molecule has 0 bridgehead atoms. The van der Waals surface area contributed by atoms with Crippen LogP contribution in [-0.4, -0.2) is 29.4 Å². The Balaban J connectivity index is 2.80. The Morgan fingerprint density at radius 1 is 1.29 bits per heavy atom. The molecule has 1 atom stereocenters. The largest absolute Gasteiger partial charge is 0.497 e. The van der Waals surface area contributed by atoms with Crippen LogP contribution in [0.5, 0.6) is 5.75 Å². The zero-order valence-corrected chi connectivity index (χ0v) is 10.2. The van der Waals surface area contributed by atoms with E-state index in [2.05, 4.69) is 0 Å². The average Bonchev–Trinajstić information content (AvgIpc) is 2.28. The predicted octanol–water partition coefficient (Wildman–Crippen LogP) is 1.61. The Morgan fingerprint density at radius 2 is 1.82 bits per heavy atom. The number of Topliss-reactive ketones (excluding diaryl/α,β-unsaturated/α-hetero) is 2. The van der Waals surface area contributed by atoms with Crippen molar-refractivity contribution in [3.8, 4) is 5.75 Å². The van der Waals surface area contributed by atoms with Crippen molar-refractivity contribution in [3.05, 3.63) is 29.8 Å². The number of ketones is 2. The van der Waals surface area contributed by atoms with Gasteiger partial charge in [0.2, 0.25) is 0 Å². The second-order valence-corrected chi connectivity index (χ2v) is 4.16. The highest BCUT2D eigenvalue weighted by Crippen LogP contribution is 2.17. The van der Waals surface area contributed by atoms with E-state index in [1.807, 2.05) is 0 Å². The number of rotatable bonds is 5. The normalized spacial score (nSPS) is 13.9. The Kier molecular flexibility index (Phi) is 4.02. The number of benzene rings is 1. The second-order valence-electron chi connectivity index (χ2n) is 4.16. The van der Waals surface area contributed by atoms with Crippen molar-refractivity contribution in [1.29, 1.82) is 0 Å². The molecule has 1 aromatic carbocycles. The van der Waals surface area contributed by atoms with Crippen LogP contribution in [0.15, 0.2) is 24.3 Å². The fraction of sp³-hybridized carbons (Fsp3) is 0.385. The quantitative estimate of drug-likeness (QED) is 0.789. The van der Waals surface area contributed by atoms with Gasteiger partial charge in [-0.25, -0.2) is 0 Å². The summed E-state index contributed by atoms with van der Waals surface area (Å²) in [7, 11) is 1.54. The molecule has 0 aromatic heterocycles. The van der Waals surface area contributed by atoms with E-state index < -0.39 is 11.4 Å². The first-order valence-corrected chi connectivity index (χ1v) is 5.27. The molecule has 0 heterocycles. The first-order chi connectivity index (χ1) is 7.86. The van der Waals surface area contributed by atoms with Crippen LogP contribution in [0.25, 0.3) is 0 Å². The summed E-state index contributed by atoms with van der Waals surface area (Å²) in [6, 6.07) is 6.54. The fourth-order valence-corrected chi connectivity index (χ4v) is 1.32. The molecule has 92 valence electrons. The second kappa shape index (κ2) is 5.10. The molecular weight excluding hydrogens is 220 g/mol. The lowest BCUT2D eigenvalue weighted by Crippen LogP contribution is -2.35. The third-order valence-electron chi connectivity index (χ3n) is 2.68. The van der Waals surface area contributed by atoms with Gasteiger partial charge in [0.05, 0.1) is 7.11 Å². The van der Waals surface area contributed by atoms with E-state index in [0.717, 1.165) is 0 Å². The van der Waals surface area contributed by atoms with E-state index in [1.165, 1.54) is 21.0 Å². The molecule has 0 spiro atoms. The van der Waals surface area contributed by atoms with Gasteiger partial charge >= 0.3 is 0 Å². The topological polar surface area (TPSA) is 63.6 Å². The Morgan fingerprint density at radius 3 is 2.24 bits per heavy atom. The van der Waals surface area contributed by atoms with E-state index >= 15 is 0 Å². The van der Waals surface area contributed by atoms with Crippen LogP contribution in [0.3, 0.4) is 0 Å². The van der Waals surface area contributed by atoms with Crippen LogP contribution in [0.4, 0.5) is 0 Å². The lowest BCUT2D eigenvalue weighted by molar-refractivity contribution is -0.133. The number of hydrogen-bond donors (Lipinski definition) is 1. The van der Waals surface area contributed by atoms with E-state index in [0.29, 0.717) is 11.3 Å². The maximum absolute atomic E-state index is 11.8. The molecule has 0 saturated carbocycles. The van der Waals surface area contributed by atoms with E-state index in [4.69, 9.17) is 4.74 Å². The molecule has 1 aromatic rings. The number of methoxy groups -OCH3 is 1. The van der Waals surface area contributed by atoms with E-state index in [-0.39, 0.29) is 12.2 Å². The minimum absolute atomic E-state index is 0.214. The molecule has 0 aliphatic heterocycles. The van der Waals surface area contributed by atoms with Crippen molar-refractivity contribution >= 4 is 11.6 Å². The maximum atomic E-state index is 11.8. The van der Waals surface area contributed by atoms with Crippen molar-refractivity contribution in [2.24, 2.45) is 0 Å². The highest BCUT2D eigenvalue weighted by molar-refractivity contribution is 6.00. The Bertz CT molecular complexity index is 418. The van der Waals surface area contributed by atoms with Gasteiger partial charge in [-0.05, 0) is 38.1 Å². The molecule has 4 heteroatoms. The molecule has 1 N–H and O–H groups in total. The van der Waals surface area contributed by atoms with Gasteiger partial charge in [-0.1, -0.05) is 0 Å². The van der Waals surface area contributed by atoms with Crippen molar-refractivity contribution in [1.82, 2.24) is 0 Å². The summed E-state index contributed by atoms with van der Waals surface area (Å²) < 4.78 is 4.97. The standard InChI is InChI=1S/C13H16O4/c1-9(14)13(2,16)8-12(15)10-4-6-11(17-3)7-5-10/h4-7,16H,8H2,1-3H3/t13-/m1/s1. The maximum Gasteiger partial charge on any atom is 0.166 e. The SMILES string of the molecule is COc1ccc(C(=O)C[C@@](C)(O)C(C)=O)cc1. The summed E-state index contributed by atoms with van der Waals surface area (Å²) in [4.78, 5) is 22.9. The number of aliphatic hydroxyl groups is 1. The summed E-state index contributed by atoms with van der Waals surface area (Å²) >= 11 is 0. The molecule has 1 rings (SSSR count). The van der Waals surface area contributed by atoms with Crippen LogP contribution in [0.1, 0.15) is 30.6 Å². The summed E-state index contributed by atoms with van der Waals surface area (Å²) in [6.07, 6.45) is -0.214. The van der Waals surface area contributed by atoms with Crippen LogP contribution < -0.4 is 4.74 Å². The van der Waals surface area contributed by atoms with Gasteiger partial charge < -0.3 is 9.84 Å². The average molecular weight is 236 g/mol. The van der Waals surface area contributed by atoms with Crippen LogP contribution >= 0.6 is 0 Å². The van der Waals surface area contributed by atoms with Crippen LogP contribution in [0.2, 0.25) is 0 Å². The summed E-state index contributed by atoms with van der Waals surface area (Å²) in [5.74, 6) is -0.0351. The lowest BCUT2D eigenvalue weighted by atomic mass is 9.92. The van der Waals surface area contributed by atoms with E-state index in [9.17, 15) is 14.7 Å². The monoisotopic (exact) mass is 236 g/mol. The van der Waals surface area contributed by atoms with Crippen molar-refractivity contribution in [2.45, 2.75) is 25.9 Å². The van der Waals surface area contributed by atoms with Gasteiger partial charge in [0.25, 0.3) is 0 Å². The van der Waals surface area contributed by atoms with Gasteiger partial charge in [-0.2, -0.15) is 0 Å². The van der Waals surface area contributed by atoms with E-state index in [1.54, 1.807) is 24.3 Å². The molecule has 0 fully saturated rings. The van der Waals surface area contributed by atoms with Crippen molar-refractivity contribution in [2.75, 3.05) is 7.11 Å². The van der Waals surface area contributed by atoms with Crippen LogP contribution in [0, 0.1) is 0 Å². The molecular formula is C13H16O4. The zero-order valence-electron chi connectivity index (χ0n) is 10.2. The molecule has 0 radical (unpaired) electrons. The smallest absolute Gasteiger partial charge is 0.166 e. The lowest BCUT2D eigenvalue weighted by Gasteiger charge is -2.18. The van der Waals surface area contributed by atoms with Gasteiger partial charge in [-0.15, -0.1) is 0 Å². The molecule has 0 unspecified atom stereocenters. The molecule has 4 nitrogen and oxygen atoms in total. The van der Waals surface area contributed by atoms with Gasteiger partial charge in [0.1, 0.15) is 11.4 Å². The number of carbonyl (C=O) groups excluding carboxylic acids is 2. The zero-order chi connectivity index (χ0) is 13.1. The van der Waals surface area contributed by atoms with Crippen LogP contribution in [-0.2, 0) is 4.79 Å². The summed E-state index contributed by atoms with van der Waals surface area (Å²) in [5, 5.41) is 9.73. The minimum Gasteiger partial charge on any atom is -0.497 e. The Labute approximate surface area is 100 Å². The molecule has 0 aliphatic carbocycles. The Hall–Kier alpha value is -1.68. The molecule has 0 amide bonds. The predicted molar refractivity (Wildman–Crippen MR) is 63.2 cm³/mol. The summed E-state index contributed by atoms with van der Waals surface area (Å²) in [6.45, 7) is 2.61. The van der Waals surface area contributed by atoms with Gasteiger partial charge in [-0.3, -0.25) is 9.59 Å². The van der Waals surface area contributed by atoms with Crippen molar-refractivity contribution in [3.63, 3.8) is 0 Å². The minimum atomic E-state index is -1.60.